The van der Waals surface area contributed by atoms with E-state index in [1.807, 2.05) is 65.7 Å². The van der Waals surface area contributed by atoms with E-state index in [1.165, 1.54) is 11.3 Å². The molecular weight excluding hydrogens is 322 g/mol. The van der Waals surface area contributed by atoms with Crippen LogP contribution in [0.1, 0.15) is 23.7 Å². The van der Waals surface area contributed by atoms with E-state index in [4.69, 9.17) is 4.74 Å². The molecule has 1 atom stereocenters. The zero-order valence-corrected chi connectivity index (χ0v) is 14.4. The van der Waals surface area contributed by atoms with Crippen LogP contribution in [-0.2, 0) is 4.79 Å². The smallest absolute Gasteiger partial charge is 0.228 e. The number of nitrogens with zero attached hydrogens (tertiary/aromatic N) is 2. The van der Waals surface area contributed by atoms with E-state index in [-0.39, 0.29) is 11.9 Å². The Bertz CT molecular complexity index is 811. The molecule has 0 radical (unpaired) electrons. The van der Waals surface area contributed by atoms with Crippen LogP contribution in [0.15, 0.2) is 54.2 Å². The first-order valence-electron chi connectivity index (χ1n) is 7.64. The molecule has 0 saturated carbocycles. The number of aryl methyl sites for hydroxylation is 1. The van der Waals surface area contributed by atoms with Crippen molar-refractivity contribution in [1.29, 1.82) is 0 Å². The molecule has 0 aliphatic heterocycles. The maximum atomic E-state index is 12.5. The van der Waals surface area contributed by atoms with Crippen LogP contribution < -0.4 is 10.1 Å². The van der Waals surface area contributed by atoms with Crippen LogP contribution in [0, 0.1) is 6.92 Å². The Morgan fingerprint density at radius 3 is 2.79 bits per heavy atom. The second-order valence-electron chi connectivity index (χ2n) is 5.47. The average molecular weight is 341 g/mol. The van der Waals surface area contributed by atoms with Crippen molar-refractivity contribution in [2.75, 3.05) is 12.4 Å². The summed E-state index contributed by atoms with van der Waals surface area (Å²) in [6, 6.07) is 11.6. The molecule has 1 amide bonds. The molecule has 1 aromatic carbocycles. The average Bonchev–Trinajstić information content (AvgIpc) is 3.24. The minimum Gasteiger partial charge on any atom is -0.497 e. The standard InChI is InChI=1S/C18H19N3O2S/c1-13-12-24-18(19-13)20-17(22)11-16(21-8-3-4-9-21)14-6-5-7-15(10-14)23-2/h3-10,12,16H,11H2,1-2H3,(H,19,20,22). The normalized spacial score (nSPS) is 11.9. The van der Waals surface area contributed by atoms with Gasteiger partial charge in [0.25, 0.3) is 0 Å². The van der Waals surface area contributed by atoms with E-state index in [0.29, 0.717) is 11.6 Å². The Morgan fingerprint density at radius 2 is 2.12 bits per heavy atom. The molecule has 24 heavy (non-hydrogen) atoms. The lowest BCUT2D eigenvalue weighted by Gasteiger charge is -2.19. The van der Waals surface area contributed by atoms with E-state index >= 15 is 0 Å². The SMILES string of the molecule is COc1cccc(C(CC(=O)Nc2nc(C)cs2)n2cccc2)c1. The third kappa shape index (κ3) is 3.83. The molecule has 124 valence electrons. The highest BCUT2D eigenvalue weighted by atomic mass is 32.1. The zero-order chi connectivity index (χ0) is 16.9. The molecule has 2 heterocycles. The summed E-state index contributed by atoms with van der Waals surface area (Å²) in [5.41, 5.74) is 1.93. The number of carbonyl (C=O) groups is 1. The van der Waals surface area contributed by atoms with Crippen LogP contribution in [0.2, 0.25) is 0 Å². The van der Waals surface area contributed by atoms with Crippen LogP contribution >= 0.6 is 11.3 Å². The highest BCUT2D eigenvalue weighted by Gasteiger charge is 2.18. The first kappa shape index (κ1) is 16.3. The van der Waals surface area contributed by atoms with Gasteiger partial charge < -0.3 is 14.6 Å². The quantitative estimate of drug-likeness (QED) is 0.740. The lowest BCUT2D eigenvalue weighted by atomic mass is 10.0. The van der Waals surface area contributed by atoms with Crippen LogP contribution in [0.5, 0.6) is 5.75 Å². The van der Waals surface area contributed by atoms with Crippen molar-refractivity contribution in [1.82, 2.24) is 9.55 Å². The minimum atomic E-state index is -0.101. The fraction of sp³-hybridized carbons (Fsp3) is 0.222. The van der Waals surface area contributed by atoms with Gasteiger partial charge in [-0.25, -0.2) is 4.98 Å². The number of rotatable bonds is 6. The molecule has 2 aromatic heterocycles. The summed E-state index contributed by atoms with van der Waals surface area (Å²) in [4.78, 5) is 16.7. The Labute approximate surface area is 144 Å². The summed E-state index contributed by atoms with van der Waals surface area (Å²) in [7, 11) is 1.64. The fourth-order valence-corrected chi connectivity index (χ4v) is 3.26. The Hall–Kier alpha value is -2.60. The van der Waals surface area contributed by atoms with Gasteiger partial charge in [-0.15, -0.1) is 11.3 Å². The van der Waals surface area contributed by atoms with E-state index in [1.54, 1.807) is 7.11 Å². The highest BCUT2D eigenvalue weighted by Crippen LogP contribution is 2.26. The topological polar surface area (TPSA) is 56.1 Å². The molecule has 5 nitrogen and oxygen atoms in total. The van der Waals surface area contributed by atoms with Gasteiger partial charge in [0.05, 0.1) is 25.3 Å². The van der Waals surface area contributed by atoms with Gasteiger partial charge in [0, 0.05) is 17.8 Å². The van der Waals surface area contributed by atoms with Crippen molar-refractivity contribution in [3.05, 3.63) is 65.4 Å². The molecule has 6 heteroatoms. The molecule has 3 rings (SSSR count). The molecule has 3 aromatic rings. The summed E-state index contributed by atoms with van der Waals surface area (Å²) < 4.78 is 7.34. The third-order valence-corrected chi connectivity index (χ3v) is 4.59. The largest absolute Gasteiger partial charge is 0.497 e. The molecule has 0 fully saturated rings. The summed E-state index contributed by atoms with van der Waals surface area (Å²) in [6.45, 7) is 1.91. The van der Waals surface area contributed by atoms with E-state index in [2.05, 4.69) is 10.3 Å². The monoisotopic (exact) mass is 341 g/mol. The number of hydrogen-bond donors (Lipinski definition) is 1. The highest BCUT2D eigenvalue weighted by molar-refractivity contribution is 7.13. The molecular formula is C18H19N3O2S. The lowest BCUT2D eigenvalue weighted by molar-refractivity contribution is -0.116. The van der Waals surface area contributed by atoms with Crippen molar-refractivity contribution in [2.24, 2.45) is 0 Å². The number of anilines is 1. The lowest BCUT2D eigenvalue weighted by Crippen LogP contribution is -2.19. The summed E-state index contributed by atoms with van der Waals surface area (Å²) >= 11 is 1.43. The maximum Gasteiger partial charge on any atom is 0.228 e. The molecule has 1 unspecified atom stereocenters. The van der Waals surface area contributed by atoms with Gasteiger partial charge in [-0.1, -0.05) is 12.1 Å². The van der Waals surface area contributed by atoms with Gasteiger partial charge >= 0.3 is 0 Å². The maximum absolute atomic E-state index is 12.5. The molecule has 0 aliphatic carbocycles. The van der Waals surface area contributed by atoms with Crippen LogP contribution in [0.4, 0.5) is 5.13 Å². The minimum absolute atomic E-state index is 0.0640. The molecule has 0 spiro atoms. The van der Waals surface area contributed by atoms with Crippen molar-refractivity contribution < 1.29 is 9.53 Å². The molecule has 1 N–H and O–H groups in total. The van der Waals surface area contributed by atoms with E-state index < -0.39 is 0 Å². The summed E-state index contributed by atoms with van der Waals surface area (Å²) in [5, 5.41) is 5.43. The van der Waals surface area contributed by atoms with Gasteiger partial charge in [-0.2, -0.15) is 0 Å². The predicted octanol–water partition coefficient (Wildman–Crippen LogP) is 3.88. The number of hydrogen-bond acceptors (Lipinski definition) is 4. The Balaban J connectivity index is 1.81. The Kier molecular flexibility index (Phi) is 4.96. The van der Waals surface area contributed by atoms with Gasteiger partial charge in [0.2, 0.25) is 5.91 Å². The first-order chi connectivity index (χ1) is 11.7. The van der Waals surface area contributed by atoms with E-state index in [9.17, 15) is 4.79 Å². The number of aromatic nitrogens is 2. The zero-order valence-electron chi connectivity index (χ0n) is 13.6. The summed E-state index contributed by atoms with van der Waals surface area (Å²) in [6.07, 6.45) is 4.25. The molecule has 0 saturated heterocycles. The summed E-state index contributed by atoms with van der Waals surface area (Å²) in [5.74, 6) is 0.714. The first-order valence-corrected chi connectivity index (χ1v) is 8.52. The predicted molar refractivity (Wildman–Crippen MR) is 95.7 cm³/mol. The number of ether oxygens (including phenoxy) is 1. The fourth-order valence-electron chi connectivity index (χ4n) is 2.56. The van der Waals surface area contributed by atoms with Crippen LogP contribution in [0.25, 0.3) is 0 Å². The van der Waals surface area contributed by atoms with Gasteiger partial charge in [0.1, 0.15) is 5.75 Å². The number of methoxy groups -OCH3 is 1. The number of nitrogens with one attached hydrogen (secondary N) is 1. The second-order valence-corrected chi connectivity index (χ2v) is 6.33. The van der Waals surface area contributed by atoms with Crippen LogP contribution in [0.3, 0.4) is 0 Å². The van der Waals surface area contributed by atoms with Crippen molar-refractivity contribution in [3.8, 4) is 5.75 Å². The van der Waals surface area contributed by atoms with Crippen molar-refractivity contribution >= 4 is 22.4 Å². The number of benzene rings is 1. The Morgan fingerprint density at radius 1 is 1.33 bits per heavy atom. The van der Waals surface area contributed by atoms with Gasteiger partial charge in [0.15, 0.2) is 5.13 Å². The molecule has 0 bridgehead atoms. The van der Waals surface area contributed by atoms with Gasteiger partial charge in [-0.3, -0.25) is 4.79 Å². The van der Waals surface area contributed by atoms with Gasteiger partial charge in [-0.05, 0) is 36.8 Å². The van der Waals surface area contributed by atoms with Crippen LogP contribution in [-0.4, -0.2) is 22.6 Å². The van der Waals surface area contributed by atoms with Crippen molar-refractivity contribution in [3.63, 3.8) is 0 Å². The van der Waals surface area contributed by atoms with Crippen molar-refractivity contribution in [2.45, 2.75) is 19.4 Å². The number of amides is 1. The van der Waals surface area contributed by atoms with E-state index in [0.717, 1.165) is 17.0 Å². The number of carbonyl (C=O) groups excluding carboxylic acids is 1. The third-order valence-electron chi connectivity index (χ3n) is 3.71. The second kappa shape index (κ2) is 7.31. The number of thiazole rings is 1. The molecule has 0 aliphatic rings.